The van der Waals surface area contributed by atoms with Crippen LogP contribution in [-0.4, -0.2) is 38.9 Å². The molecule has 0 aliphatic carbocycles. The fourth-order valence-corrected chi connectivity index (χ4v) is 3.92. The number of rotatable bonds is 7. The molecule has 0 bridgehead atoms. The van der Waals surface area contributed by atoms with E-state index in [1.165, 1.54) is 42.7 Å². The van der Waals surface area contributed by atoms with Gasteiger partial charge in [-0.25, -0.2) is 13.2 Å². The number of ether oxygens (including phenoxy) is 2. The van der Waals surface area contributed by atoms with Crippen molar-refractivity contribution in [3.05, 3.63) is 58.6 Å². The summed E-state index contributed by atoms with van der Waals surface area (Å²) in [5, 5.41) is 0.492. The normalized spacial score (nSPS) is 11.7. The molecule has 0 aliphatic rings. The highest BCUT2D eigenvalue weighted by Crippen LogP contribution is 2.24. The third-order valence-electron chi connectivity index (χ3n) is 4.08. The summed E-state index contributed by atoms with van der Waals surface area (Å²) in [5.41, 5.74) is 0.760. The van der Waals surface area contributed by atoms with Crippen molar-refractivity contribution in [3.8, 4) is 5.75 Å². The van der Waals surface area contributed by atoms with Crippen molar-refractivity contribution in [3.63, 3.8) is 0 Å². The lowest BCUT2D eigenvalue weighted by molar-refractivity contribution is 0.0470. The Morgan fingerprint density at radius 2 is 1.89 bits per heavy atom. The Kier molecular flexibility index (Phi) is 6.86. The maximum atomic E-state index is 12.6. The number of benzene rings is 2. The highest BCUT2D eigenvalue weighted by molar-refractivity contribution is 7.89. The summed E-state index contributed by atoms with van der Waals surface area (Å²) in [6.07, 6.45) is 0. The van der Waals surface area contributed by atoms with E-state index < -0.39 is 16.0 Å². The second-order valence-corrected chi connectivity index (χ2v) is 8.61. The molecule has 27 heavy (non-hydrogen) atoms. The molecule has 6 nitrogen and oxygen atoms in total. The standard InChI is InChI=1S/C19H22ClNO5S/c1-13(2)21(3)27(23,24)17-7-5-6-14(11-17)19(22)26-12-15-10-16(20)8-9-18(15)25-4/h5-11,13H,12H2,1-4H3. The largest absolute Gasteiger partial charge is 0.496 e. The highest BCUT2D eigenvalue weighted by Gasteiger charge is 2.24. The molecule has 0 radical (unpaired) electrons. The molecule has 0 heterocycles. The van der Waals surface area contributed by atoms with Gasteiger partial charge in [-0.3, -0.25) is 0 Å². The van der Waals surface area contributed by atoms with Crippen LogP contribution in [-0.2, 0) is 21.4 Å². The second-order valence-electron chi connectivity index (χ2n) is 6.18. The number of hydrogen-bond acceptors (Lipinski definition) is 5. The van der Waals surface area contributed by atoms with Crippen LogP contribution in [0.15, 0.2) is 47.4 Å². The summed E-state index contributed by atoms with van der Waals surface area (Å²) >= 11 is 5.96. The molecule has 0 saturated heterocycles. The number of esters is 1. The predicted octanol–water partition coefficient (Wildman–Crippen LogP) is 3.73. The molecule has 0 aliphatic heterocycles. The molecular weight excluding hydrogens is 390 g/mol. The minimum atomic E-state index is -3.69. The number of sulfonamides is 1. The van der Waals surface area contributed by atoms with Crippen molar-refractivity contribution in [1.29, 1.82) is 0 Å². The number of nitrogens with zero attached hydrogens (tertiary/aromatic N) is 1. The zero-order chi connectivity index (χ0) is 20.2. The number of carbonyl (C=O) groups is 1. The molecule has 0 aromatic heterocycles. The Labute approximate surface area is 164 Å². The molecule has 0 spiro atoms. The van der Waals surface area contributed by atoms with E-state index in [9.17, 15) is 13.2 Å². The minimum absolute atomic E-state index is 0.0356. The molecule has 2 aromatic carbocycles. The predicted molar refractivity (Wildman–Crippen MR) is 104 cm³/mol. The third-order valence-corrected chi connectivity index (χ3v) is 6.34. The Morgan fingerprint density at radius 1 is 1.19 bits per heavy atom. The first-order chi connectivity index (χ1) is 12.7. The van der Waals surface area contributed by atoms with E-state index in [2.05, 4.69) is 0 Å². The Morgan fingerprint density at radius 3 is 2.52 bits per heavy atom. The molecule has 146 valence electrons. The molecule has 0 fully saturated rings. The lowest BCUT2D eigenvalue weighted by Gasteiger charge is -2.21. The summed E-state index contributed by atoms with van der Waals surface area (Å²) in [6.45, 7) is 3.49. The SMILES string of the molecule is COc1ccc(Cl)cc1COC(=O)c1cccc(S(=O)(=O)N(C)C(C)C)c1. The smallest absolute Gasteiger partial charge is 0.338 e. The van der Waals surface area contributed by atoms with Gasteiger partial charge in [-0.1, -0.05) is 17.7 Å². The van der Waals surface area contributed by atoms with E-state index in [0.717, 1.165) is 0 Å². The van der Waals surface area contributed by atoms with Crippen LogP contribution in [0.2, 0.25) is 5.02 Å². The van der Waals surface area contributed by atoms with Crippen LogP contribution in [0.1, 0.15) is 29.8 Å². The fraction of sp³-hybridized carbons (Fsp3) is 0.316. The van der Waals surface area contributed by atoms with Crippen molar-refractivity contribution >= 4 is 27.6 Å². The van der Waals surface area contributed by atoms with E-state index in [1.54, 1.807) is 32.0 Å². The van der Waals surface area contributed by atoms with Gasteiger partial charge in [0.25, 0.3) is 0 Å². The maximum Gasteiger partial charge on any atom is 0.338 e. The number of carbonyl (C=O) groups excluding carboxylic acids is 1. The van der Waals surface area contributed by atoms with Crippen LogP contribution in [0.25, 0.3) is 0 Å². The number of methoxy groups -OCH3 is 1. The highest BCUT2D eigenvalue weighted by atomic mass is 35.5. The van der Waals surface area contributed by atoms with Crippen LogP contribution in [0.4, 0.5) is 0 Å². The summed E-state index contributed by atoms with van der Waals surface area (Å²) < 4.78 is 36.9. The zero-order valence-corrected chi connectivity index (χ0v) is 17.2. The Balaban J connectivity index is 2.20. The minimum Gasteiger partial charge on any atom is -0.496 e. The topological polar surface area (TPSA) is 72.9 Å². The monoisotopic (exact) mass is 411 g/mol. The number of halogens is 1. The van der Waals surface area contributed by atoms with Gasteiger partial charge in [0.05, 0.1) is 17.6 Å². The van der Waals surface area contributed by atoms with Crippen LogP contribution in [0.5, 0.6) is 5.75 Å². The summed E-state index contributed by atoms with van der Waals surface area (Å²) in [5.74, 6) is -0.0941. The van der Waals surface area contributed by atoms with Gasteiger partial charge in [0.15, 0.2) is 0 Å². The van der Waals surface area contributed by atoms with Crippen molar-refractivity contribution < 1.29 is 22.7 Å². The number of hydrogen-bond donors (Lipinski definition) is 0. The molecule has 8 heteroatoms. The molecule has 2 aromatic rings. The van der Waals surface area contributed by atoms with Crippen LogP contribution in [0.3, 0.4) is 0 Å². The fourth-order valence-electron chi connectivity index (χ4n) is 2.31. The molecule has 0 saturated carbocycles. The first-order valence-corrected chi connectivity index (χ1v) is 10.1. The van der Waals surface area contributed by atoms with Gasteiger partial charge in [-0.05, 0) is 50.2 Å². The molecule has 0 N–H and O–H groups in total. The Hall–Kier alpha value is -2.09. The van der Waals surface area contributed by atoms with Gasteiger partial charge < -0.3 is 9.47 Å². The van der Waals surface area contributed by atoms with Gasteiger partial charge in [0, 0.05) is 23.7 Å². The van der Waals surface area contributed by atoms with Crippen molar-refractivity contribution in [2.24, 2.45) is 0 Å². The third kappa shape index (κ3) is 5.00. The van der Waals surface area contributed by atoms with E-state index in [1.807, 2.05) is 0 Å². The van der Waals surface area contributed by atoms with Crippen LogP contribution < -0.4 is 4.74 Å². The maximum absolute atomic E-state index is 12.6. The van der Waals surface area contributed by atoms with E-state index in [4.69, 9.17) is 21.1 Å². The van der Waals surface area contributed by atoms with Gasteiger partial charge in [0.2, 0.25) is 10.0 Å². The van der Waals surface area contributed by atoms with Gasteiger partial charge in [-0.15, -0.1) is 0 Å². The van der Waals surface area contributed by atoms with E-state index in [-0.39, 0.29) is 23.1 Å². The molecule has 0 unspecified atom stereocenters. The summed E-state index contributed by atoms with van der Waals surface area (Å²) in [6, 6.07) is 10.6. The first-order valence-electron chi connectivity index (χ1n) is 8.24. The van der Waals surface area contributed by atoms with Gasteiger partial charge >= 0.3 is 5.97 Å². The van der Waals surface area contributed by atoms with Gasteiger partial charge in [-0.2, -0.15) is 4.31 Å². The molecular formula is C19H22ClNO5S. The molecule has 2 rings (SSSR count). The van der Waals surface area contributed by atoms with E-state index >= 15 is 0 Å². The zero-order valence-electron chi connectivity index (χ0n) is 15.6. The van der Waals surface area contributed by atoms with Crippen LogP contribution in [0, 0.1) is 0 Å². The lowest BCUT2D eigenvalue weighted by Crippen LogP contribution is -2.33. The van der Waals surface area contributed by atoms with Gasteiger partial charge in [0.1, 0.15) is 12.4 Å². The van der Waals surface area contributed by atoms with Crippen LogP contribution >= 0.6 is 11.6 Å². The summed E-state index contributed by atoms with van der Waals surface area (Å²) in [4.78, 5) is 12.4. The lowest BCUT2D eigenvalue weighted by atomic mass is 10.2. The summed E-state index contributed by atoms with van der Waals surface area (Å²) in [7, 11) is -0.685. The second kappa shape index (κ2) is 8.73. The van der Waals surface area contributed by atoms with Crippen molar-refractivity contribution in [1.82, 2.24) is 4.31 Å². The Bertz CT molecular complexity index is 927. The molecule has 0 atom stereocenters. The quantitative estimate of drug-likeness (QED) is 0.649. The van der Waals surface area contributed by atoms with Crippen molar-refractivity contribution in [2.75, 3.05) is 14.2 Å². The average Bonchev–Trinajstić information content (AvgIpc) is 2.65. The average molecular weight is 412 g/mol. The molecule has 0 amide bonds. The van der Waals surface area contributed by atoms with Crippen molar-refractivity contribution in [2.45, 2.75) is 31.4 Å². The van der Waals surface area contributed by atoms with E-state index in [0.29, 0.717) is 16.3 Å². The first kappa shape index (κ1) is 21.2.